The number of nitrogens with one attached hydrogen (secondary N) is 1. The lowest BCUT2D eigenvalue weighted by Crippen LogP contribution is -2.32. The van der Waals surface area contributed by atoms with Crippen molar-refractivity contribution in [3.63, 3.8) is 0 Å². The largest absolute Gasteiger partial charge is 0.416 e. The van der Waals surface area contributed by atoms with Gasteiger partial charge in [0.15, 0.2) is 0 Å². The Hall–Kier alpha value is -1.41. The van der Waals surface area contributed by atoms with Crippen LogP contribution in [-0.4, -0.2) is 42.9 Å². The van der Waals surface area contributed by atoms with Gasteiger partial charge in [-0.15, -0.1) is 12.4 Å². The molecule has 3 nitrogen and oxygen atoms in total. The van der Waals surface area contributed by atoms with Gasteiger partial charge in [0.2, 0.25) is 0 Å². The highest BCUT2D eigenvalue weighted by molar-refractivity contribution is 5.95. The number of carbonyl (C=O) groups excluding carboxylic acids is 1. The third-order valence-electron chi connectivity index (χ3n) is 4.80. The van der Waals surface area contributed by atoms with Crippen molar-refractivity contribution in [2.45, 2.75) is 37.3 Å². The Labute approximate surface area is 154 Å². The fraction of sp³-hybridized carbons (Fsp3) is 0.588. The number of hydrogen-bond acceptors (Lipinski definition) is 2. The minimum absolute atomic E-state index is 0. The van der Waals surface area contributed by atoms with E-state index in [-0.39, 0.29) is 30.4 Å². The minimum Gasteiger partial charge on any atom is -0.332 e. The van der Waals surface area contributed by atoms with Crippen molar-refractivity contribution in [1.82, 2.24) is 10.2 Å². The van der Waals surface area contributed by atoms with Crippen LogP contribution >= 0.6 is 12.4 Å². The highest BCUT2D eigenvalue weighted by atomic mass is 35.5. The number of rotatable bonds is 2. The Bertz CT molecular complexity index is 659. The number of nitrogens with zero attached hydrogens (tertiary/aromatic N) is 1. The standard InChI is InChI=1S/C17H19F5N2O.ClH/c18-16(19)3-6-24(10-16)15(25)13-7-12(11-1-4-23-5-2-11)8-14(9-13)17(20,21)22;/h7-9,11,23H,1-6,10H2;1H. The highest BCUT2D eigenvalue weighted by Gasteiger charge is 2.41. The van der Waals surface area contributed by atoms with Crippen molar-refractivity contribution >= 4 is 18.3 Å². The molecule has 2 heterocycles. The molecule has 2 aliphatic rings. The molecule has 2 aliphatic heterocycles. The fourth-order valence-corrected chi connectivity index (χ4v) is 3.42. The van der Waals surface area contributed by atoms with E-state index in [4.69, 9.17) is 0 Å². The fourth-order valence-electron chi connectivity index (χ4n) is 3.42. The Balaban J connectivity index is 0.00000243. The van der Waals surface area contributed by atoms with Gasteiger partial charge in [0.05, 0.1) is 12.1 Å². The molecule has 0 unspecified atom stereocenters. The van der Waals surface area contributed by atoms with Crippen LogP contribution in [-0.2, 0) is 6.18 Å². The molecule has 2 fully saturated rings. The second-order valence-corrected chi connectivity index (χ2v) is 6.70. The van der Waals surface area contributed by atoms with Gasteiger partial charge in [-0.2, -0.15) is 13.2 Å². The van der Waals surface area contributed by atoms with Crippen LogP contribution in [0.15, 0.2) is 18.2 Å². The van der Waals surface area contributed by atoms with Crippen molar-refractivity contribution < 1.29 is 26.7 Å². The summed E-state index contributed by atoms with van der Waals surface area (Å²) in [6.45, 7) is 0.501. The predicted molar refractivity (Wildman–Crippen MR) is 89.0 cm³/mol. The summed E-state index contributed by atoms with van der Waals surface area (Å²) in [5.41, 5.74) is -0.621. The summed E-state index contributed by atoms with van der Waals surface area (Å²) in [6, 6.07) is 3.28. The number of benzene rings is 1. The van der Waals surface area contributed by atoms with Gasteiger partial charge in [-0.05, 0) is 55.6 Å². The number of halogens is 6. The molecule has 1 amide bonds. The number of piperidine rings is 1. The molecule has 1 N–H and O–H groups in total. The van der Waals surface area contributed by atoms with Gasteiger partial charge in [-0.25, -0.2) is 8.78 Å². The number of carbonyl (C=O) groups is 1. The normalized spacial score (nSPS) is 20.7. The molecular formula is C17H20ClF5N2O. The number of hydrogen-bond donors (Lipinski definition) is 1. The van der Waals surface area contributed by atoms with Gasteiger partial charge in [-0.1, -0.05) is 0 Å². The average Bonchev–Trinajstić information content (AvgIpc) is 2.94. The molecule has 0 spiro atoms. The van der Waals surface area contributed by atoms with Crippen molar-refractivity contribution in [2.24, 2.45) is 0 Å². The lowest BCUT2D eigenvalue weighted by molar-refractivity contribution is -0.137. The number of likely N-dealkylation sites (tertiary alicyclic amines) is 1. The van der Waals surface area contributed by atoms with E-state index in [1.165, 1.54) is 6.07 Å². The Morgan fingerprint density at radius 3 is 2.35 bits per heavy atom. The first kappa shape index (κ1) is 20.9. The van der Waals surface area contributed by atoms with E-state index in [1.807, 2.05) is 0 Å². The molecule has 0 aromatic heterocycles. The third-order valence-corrected chi connectivity index (χ3v) is 4.80. The average molecular weight is 399 g/mol. The van der Waals surface area contributed by atoms with Gasteiger partial charge in [-0.3, -0.25) is 4.79 Å². The first-order valence-corrected chi connectivity index (χ1v) is 8.26. The molecule has 0 saturated carbocycles. The zero-order valence-corrected chi connectivity index (χ0v) is 14.7. The van der Waals surface area contributed by atoms with Crippen molar-refractivity contribution in [1.29, 1.82) is 0 Å². The maximum absolute atomic E-state index is 13.3. The number of alkyl halides is 5. The highest BCUT2D eigenvalue weighted by Crippen LogP contribution is 2.35. The maximum atomic E-state index is 13.3. The molecule has 3 rings (SSSR count). The molecule has 0 bridgehead atoms. The zero-order chi connectivity index (χ0) is 18.2. The molecule has 9 heteroatoms. The maximum Gasteiger partial charge on any atom is 0.416 e. The van der Waals surface area contributed by atoms with Crippen LogP contribution in [0, 0.1) is 0 Å². The van der Waals surface area contributed by atoms with E-state index in [1.54, 1.807) is 0 Å². The first-order chi connectivity index (χ1) is 11.7. The van der Waals surface area contributed by atoms with Crippen molar-refractivity contribution in [2.75, 3.05) is 26.2 Å². The Morgan fingerprint density at radius 1 is 1.15 bits per heavy atom. The Morgan fingerprint density at radius 2 is 1.81 bits per heavy atom. The summed E-state index contributed by atoms with van der Waals surface area (Å²) in [5, 5.41) is 3.14. The monoisotopic (exact) mass is 398 g/mol. The smallest absolute Gasteiger partial charge is 0.332 e. The quantitative estimate of drug-likeness (QED) is 0.761. The molecule has 1 aromatic rings. The second-order valence-electron chi connectivity index (χ2n) is 6.70. The molecular weight excluding hydrogens is 379 g/mol. The second kappa shape index (κ2) is 7.68. The van der Waals surface area contributed by atoms with Crippen LogP contribution in [0.1, 0.15) is 46.7 Å². The third kappa shape index (κ3) is 4.65. The molecule has 0 radical (unpaired) electrons. The van der Waals surface area contributed by atoms with E-state index in [2.05, 4.69) is 5.32 Å². The lowest BCUT2D eigenvalue weighted by Gasteiger charge is -2.25. The molecule has 0 aliphatic carbocycles. The molecule has 146 valence electrons. The molecule has 2 saturated heterocycles. The van der Waals surface area contributed by atoms with E-state index in [0.29, 0.717) is 31.5 Å². The van der Waals surface area contributed by atoms with Crippen LogP contribution in [0.5, 0.6) is 0 Å². The van der Waals surface area contributed by atoms with Crippen molar-refractivity contribution in [3.8, 4) is 0 Å². The first-order valence-electron chi connectivity index (χ1n) is 8.26. The van der Waals surface area contributed by atoms with E-state index < -0.39 is 36.5 Å². The summed E-state index contributed by atoms with van der Waals surface area (Å²) in [6.07, 6.45) is -3.70. The summed E-state index contributed by atoms with van der Waals surface area (Å²) in [4.78, 5) is 13.4. The minimum atomic E-state index is -4.59. The topological polar surface area (TPSA) is 32.3 Å². The van der Waals surface area contributed by atoms with Gasteiger partial charge in [0.25, 0.3) is 11.8 Å². The summed E-state index contributed by atoms with van der Waals surface area (Å²) >= 11 is 0. The van der Waals surface area contributed by atoms with Crippen LogP contribution in [0.3, 0.4) is 0 Å². The van der Waals surface area contributed by atoms with E-state index >= 15 is 0 Å². The summed E-state index contributed by atoms with van der Waals surface area (Å²) < 4.78 is 66.3. The SMILES string of the molecule is Cl.O=C(c1cc(C2CCNCC2)cc(C(F)(F)F)c1)N1CCC(F)(F)C1. The van der Waals surface area contributed by atoms with Gasteiger partial charge < -0.3 is 10.2 Å². The number of amides is 1. The van der Waals surface area contributed by atoms with E-state index in [9.17, 15) is 26.7 Å². The zero-order valence-electron chi connectivity index (χ0n) is 13.9. The summed E-state index contributed by atoms with van der Waals surface area (Å²) in [7, 11) is 0. The lowest BCUT2D eigenvalue weighted by atomic mass is 9.88. The molecule has 0 atom stereocenters. The molecule has 26 heavy (non-hydrogen) atoms. The van der Waals surface area contributed by atoms with Crippen LogP contribution in [0.25, 0.3) is 0 Å². The van der Waals surface area contributed by atoms with E-state index in [0.717, 1.165) is 17.0 Å². The van der Waals surface area contributed by atoms with Gasteiger partial charge in [0, 0.05) is 18.5 Å². The van der Waals surface area contributed by atoms with Crippen LogP contribution < -0.4 is 5.32 Å². The van der Waals surface area contributed by atoms with Crippen LogP contribution in [0.4, 0.5) is 22.0 Å². The summed E-state index contributed by atoms with van der Waals surface area (Å²) in [5.74, 6) is -3.82. The van der Waals surface area contributed by atoms with Gasteiger partial charge >= 0.3 is 6.18 Å². The van der Waals surface area contributed by atoms with Crippen LogP contribution in [0.2, 0.25) is 0 Å². The Kier molecular flexibility index (Phi) is 6.17. The predicted octanol–water partition coefficient (Wildman–Crippen LogP) is 4.08. The van der Waals surface area contributed by atoms with Crippen molar-refractivity contribution in [3.05, 3.63) is 34.9 Å². The molecule has 1 aromatic carbocycles. The van der Waals surface area contributed by atoms with Gasteiger partial charge in [0.1, 0.15) is 0 Å².